The molecule has 0 aromatic heterocycles. The summed E-state index contributed by atoms with van der Waals surface area (Å²) < 4.78 is 0. The highest BCUT2D eigenvalue weighted by Gasteiger charge is 2.32. The Balaban J connectivity index is 1.86. The van der Waals surface area contributed by atoms with Gasteiger partial charge in [-0.15, -0.1) is 0 Å². The monoisotopic (exact) mass is 305 g/mol. The summed E-state index contributed by atoms with van der Waals surface area (Å²) in [4.78, 5) is 0. The van der Waals surface area contributed by atoms with Crippen LogP contribution in [0.25, 0.3) is 0 Å². The number of hydrogen-bond donors (Lipinski definition) is 1. The van der Waals surface area contributed by atoms with Crippen molar-refractivity contribution in [3.8, 4) is 0 Å². The molecule has 1 aliphatic rings. The van der Waals surface area contributed by atoms with Gasteiger partial charge < -0.3 is 5.32 Å². The van der Waals surface area contributed by atoms with Gasteiger partial charge in [-0.05, 0) is 61.1 Å². The largest absolute Gasteiger partial charge is 0.377 e. The Morgan fingerprint density at radius 3 is 2.35 bits per heavy atom. The van der Waals surface area contributed by atoms with Crippen molar-refractivity contribution in [1.29, 1.82) is 0 Å². The molecule has 0 heterocycles. The first-order valence-corrected chi connectivity index (χ1v) is 7.67. The fourth-order valence-electron chi connectivity index (χ4n) is 2.48. The van der Waals surface area contributed by atoms with Crippen molar-refractivity contribution in [2.45, 2.75) is 25.8 Å². The Kier molecular flexibility index (Phi) is 3.91. The zero-order chi connectivity index (χ0) is 14.1. The van der Waals surface area contributed by atoms with Crippen LogP contribution in [0.2, 0.25) is 10.0 Å². The first-order chi connectivity index (χ1) is 9.63. The van der Waals surface area contributed by atoms with Crippen LogP contribution in [-0.4, -0.2) is 0 Å². The second kappa shape index (κ2) is 5.67. The molecule has 1 unspecified atom stereocenters. The van der Waals surface area contributed by atoms with Crippen molar-refractivity contribution >= 4 is 28.9 Å². The smallest absolute Gasteiger partial charge is 0.0640 e. The minimum Gasteiger partial charge on any atom is -0.377 e. The highest BCUT2D eigenvalue weighted by molar-refractivity contribution is 6.33. The summed E-state index contributed by atoms with van der Waals surface area (Å²) in [6.45, 7) is 2.05. The van der Waals surface area contributed by atoms with Gasteiger partial charge in [0, 0.05) is 5.02 Å². The molecular formula is C17H17Cl2N. The van der Waals surface area contributed by atoms with Crippen LogP contribution in [0.15, 0.2) is 42.5 Å². The van der Waals surface area contributed by atoms with Crippen LogP contribution in [0.1, 0.15) is 30.0 Å². The molecule has 1 saturated carbocycles. The molecule has 0 bridgehead atoms. The molecule has 0 spiro atoms. The zero-order valence-electron chi connectivity index (χ0n) is 11.4. The van der Waals surface area contributed by atoms with E-state index in [0.717, 1.165) is 15.7 Å². The highest BCUT2D eigenvalue weighted by Crippen LogP contribution is 2.43. The quantitative estimate of drug-likeness (QED) is 0.745. The zero-order valence-corrected chi connectivity index (χ0v) is 12.9. The molecule has 2 aromatic carbocycles. The Morgan fingerprint density at radius 2 is 1.75 bits per heavy atom. The van der Waals surface area contributed by atoms with Gasteiger partial charge >= 0.3 is 0 Å². The lowest BCUT2D eigenvalue weighted by Gasteiger charge is -2.21. The van der Waals surface area contributed by atoms with E-state index >= 15 is 0 Å². The molecule has 2 aromatic rings. The van der Waals surface area contributed by atoms with Crippen LogP contribution in [0.3, 0.4) is 0 Å². The molecule has 1 atom stereocenters. The summed E-state index contributed by atoms with van der Waals surface area (Å²) in [5, 5.41) is 5.15. The van der Waals surface area contributed by atoms with Gasteiger partial charge in [0.1, 0.15) is 0 Å². The lowest BCUT2D eigenvalue weighted by molar-refractivity contribution is 0.679. The first kappa shape index (κ1) is 13.8. The summed E-state index contributed by atoms with van der Waals surface area (Å²) in [5.74, 6) is 0.688. The van der Waals surface area contributed by atoms with Crippen molar-refractivity contribution in [3.05, 3.63) is 63.6 Å². The molecule has 0 amide bonds. The predicted molar refractivity (Wildman–Crippen MR) is 86.7 cm³/mol. The molecule has 0 aliphatic heterocycles. The summed E-state index contributed by atoms with van der Waals surface area (Å²) in [6.07, 6.45) is 2.54. The number of hydrogen-bond acceptors (Lipinski definition) is 1. The third kappa shape index (κ3) is 3.11. The van der Waals surface area contributed by atoms with Crippen LogP contribution in [-0.2, 0) is 0 Å². The molecule has 104 valence electrons. The van der Waals surface area contributed by atoms with E-state index in [1.807, 2.05) is 25.1 Å². The number of nitrogens with one attached hydrogen (secondary N) is 1. The van der Waals surface area contributed by atoms with Gasteiger partial charge in [-0.25, -0.2) is 0 Å². The van der Waals surface area contributed by atoms with Gasteiger partial charge in [0.15, 0.2) is 0 Å². The maximum absolute atomic E-state index is 6.33. The molecule has 0 saturated heterocycles. The predicted octanol–water partition coefficient (Wildman–Crippen LogP) is 5.87. The van der Waals surface area contributed by atoms with Crippen molar-refractivity contribution in [1.82, 2.24) is 0 Å². The van der Waals surface area contributed by atoms with Gasteiger partial charge in [0.2, 0.25) is 0 Å². The van der Waals surface area contributed by atoms with Crippen LogP contribution in [0.5, 0.6) is 0 Å². The molecule has 1 nitrogen and oxygen atoms in total. The van der Waals surface area contributed by atoms with Crippen LogP contribution >= 0.6 is 23.2 Å². The summed E-state index contributed by atoms with van der Waals surface area (Å²) >= 11 is 12.3. The van der Waals surface area contributed by atoms with E-state index in [9.17, 15) is 0 Å². The second-order valence-electron chi connectivity index (χ2n) is 5.49. The van der Waals surface area contributed by atoms with E-state index < -0.39 is 0 Å². The number of aryl methyl sites for hydroxylation is 1. The van der Waals surface area contributed by atoms with Crippen molar-refractivity contribution in [3.63, 3.8) is 0 Å². The van der Waals surface area contributed by atoms with Crippen molar-refractivity contribution in [2.75, 3.05) is 5.32 Å². The van der Waals surface area contributed by atoms with Crippen LogP contribution in [0.4, 0.5) is 5.69 Å². The van der Waals surface area contributed by atoms with E-state index in [1.54, 1.807) is 0 Å². The van der Waals surface area contributed by atoms with Crippen LogP contribution in [0, 0.1) is 12.8 Å². The maximum Gasteiger partial charge on any atom is 0.0640 e. The van der Waals surface area contributed by atoms with Gasteiger partial charge in [0.25, 0.3) is 0 Å². The van der Waals surface area contributed by atoms with E-state index in [-0.39, 0.29) is 0 Å². The van der Waals surface area contributed by atoms with Gasteiger partial charge in [0.05, 0.1) is 16.8 Å². The normalized spacial score (nSPS) is 15.9. The van der Waals surface area contributed by atoms with E-state index in [2.05, 4.69) is 29.6 Å². The molecular weight excluding hydrogens is 289 g/mol. The average molecular weight is 306 g/mol. The minimum atomic E-state index is 0.312. The Bertz CT molecular complexity index is 603. The SMILES string of the molecule is Cc1ccc(NC(c2ccc(Cl)cc2)C2CC2)c(Cl)c1. The van der Waals surface area contributed by atoms with E-state index in [4.69, 9.17) is 23.2 Å². The molecule has 1 fully saturated rings. The fraction of sp³-hybridized carbons (Fsp3) is 0.294. The lowest BCUT2D eigenvalue weighted by atomic mass is 10.0. The molecule has 20 heavy (non-hydrogen) atoms. The number of rotatable bonds is 4. The van der Waals surface area contributed by atoms with Crippen LogP contribution < -0.4 is 5.32 Å². The van der Waals surface area contributed by atoms with Gasteiger partial charge in [-0.1, -0.05) is 41.4 Å². The third-order valence-corrected chi connectivity index (χ3v) is 4.32. The molecule has 1 aliphatic carbocycles. The van der Waals surface area contributed by atoms with Gasteiger partial charge in [-0.2, -0.15) is 0 Å². The topological polar surface area (TPSA) is 12.0 Å². The second-order valence-corrected chi connectivity index (χ2v) is 6.34. The standard InChI is InChI=1S/C17H17Cl2N/c1-11-2-9-16(15(19)10-11)20-17(12-3-4-12)13-5-7-14(18)8-6-13/h2,5-10,12,17,20H,3-4H2,1H3. The van der Waals surface area contributed by atoms with E-state index in [1.165, 1.54) is 24.0 Å². The average Bonchev–Trinajstić information content (AvgIpc) is 3.24. The van der Waals surface area contributed by atoms with E-state index in [0.29, 0.717) is 12.0 Å². The van der Waals surface area contributed by atoms with Crippen molar-refractivity contribution in [2.24, 2.45) is 5.92 Å². The lowest BCUT2D eigenvalue weighted by Crippen LogP contribution is -2.13. The number of benzene rings is 2. The van der Waals surface area contributed by atoms with Gasteiger partial charge in [-0.3, -0.25) is 0 Å². The molecule has 3 rings (SSSR count). The summed E-state index contributed by atoms with van der Waals surface area (Å²) in [5.41, 5.74) is 3.45. The molecule has 3 heteroatoms. The third-order valence-electron chi connectivity index (χ3n) is 3.76. The Hall–Kier alpha value is -1.18. The molecule has 1 N–H and O–H groups in total. The number of anilines is 1. The number of halogens is 2. The Morgan fingerprint density at radius 1 is 1.05 bits per heavy atom. The molecule has 0 radical (unpaired) electrons. The first-order valence-electron chi connectivity index (χ1n) is 6.91. The van der Waals surface area contributed by atoms with Crippen molar-refractivity contribution < 1.29 is 0 Å². The highest BCUT2D eigenvalue weighted by atomic mass is 35.5. The maximum atomic E-state index is 6.33. The Labute approximate surface area is 129 Å². The minimum absolute atomic E-state index is 0.312. The summed E-state index contributed by atoms with van der Waals surface area (Å²) in [6, 6.07) is 14.5. The fourth-order valence-corrected chi connectivity index (χ4v) is 2.89. The summed E-state index contributed by atoms with van der Waals surface area (Å²) in [7, 11) is 0.